The number of nitrogens with zero attached hydrogens (tertiary/aromatic N) is 4. The molecule has 45 heavy (non-hydrogen) atoms. The molecule has 3 heterocycles. The normalized spacial score (nSPS) is 13.1. The van der Waals surface area contributed by atoms with Crippen molar-refractivity contribution in [2.24, 2.45) is 5.92 Å². The highest BCUT2D eigenvalue weighted by Gasteiger charge is 2.35. The largest absolute Gasteiger partial charge is 0.493 e. The molecule has 0 aliphatic carbocycles. The number of aromatic nitrogens is 4. The van der Waals surface area contributed by atoms with Gasteiger partial charge in [-0.3, -0.25) is 24.3 Å². The third kappa shape index (κ3) is 6.47. The summed E-state index contributed by atoms with van der Waals surface area (Å²) in [6.07, 6.45) is 1.14. The maximum Gasteiger partial charge on any atom is 0.411 e. The molecule has 1 unspecified atom stereocenters. The molecule has 0 spiro atoms. The fraction of sp³-hybridized carbons (Fsp3) is 0.344. The van der Waals surface area contributed by atoms with Crippen molar-refractivity contribution >= 4 is 23.5 Å². The monoisotopic (exact) mass is 614 g/mol. The number of carbonyl (C=O) groups excluding carboxylic acids is 3. The Bertz CT molecular complexity index is 1800. The molecule has 2 amide bonds. The van der Waals surface area contributed by atoms with E-state index in [1.54, 1.807) is 44.2 Å². The first-order chi connectivity index (χ1) is 21.5. The minimum absolute atomic E-state index is 0.178. The van der Waals surface area contributed by atoms with Gasteiger partial charge in [0.1, 0.15) is 23.8 Å². The van der Waals surface area contributed by atoms with E-state index in [-0.39, 0.29) is 29.2 Å². The first-order valence-corrected chi connectivity index (χ1v) is 14.4. The summed E-state index contributed by atoms with van der Waals surface area (Å²) in [7, 11) is 1.16. The molecule has 5 rings (SSSR count). The van der Waals surface area contributed by atoms with Crippen LogP contribution in [0.4, 0.5) is 10.5 Å². The number of benzene rings is 2. The highest BCUT2D eigenvalue weighted by Crippen LogP contribution is 2.35. The average Bonchev–Trinajstić information content (AvgIpc) is 3.72. The number of rotatable bonds is 10. The topological polar surface area (TPSA) is 168 Å². The van der Waals surface area contributed by atoms with Crippen molar-refractivity contribution < 1.29 is 28.3 Å². The maximum atomic E-state index is 13.6. The van der Waals surface area contributed by atoms with E-state index in [9.17, 15) is 19.2 Å². The molecular formula is C32H34N6O7. The van der Waals surface area contributed by atoms with Crippen LogP contribution in [0.2, 0.25) is 0 Å². The zero-order valence-corrected chi connectivity index (χ0v) is 25.6. The minimum Gasteiger partial charge on any atom is -0.493 e. The van der Waals surface area contributed by atoms with Crippen molar-refractivity contribution in [1.29, 1.82) is 0 Å². The van der Waals surface area contributed by atoms with Crippen molar-refractivity contribution in [3.05, 3.63) is 88.0 Å². The van der Waals surface area contributed by atoms with Crippen LogP contribution in [0.1, 0.15) is 55.4 Å². The van der Waals surface area contributed by atoms with Crippen LogP contribution in [0.15, 0.2) is 63.9 Å². The van der Waals surface area contributed by atoms with Crippen molar-refractivity contribution in [2.75, 3.05) is 19.0 Å². The number of ether oxygens (including phenoxy) is 2. The van der Waals surface area contributed by atoms with Crippen molar-refractivity contribution in [2.45, 2.75) is 52.1 Å². The molecule has 2 aromatic carbocycles. The van der Waals surface area contributed by atoms with Crippen molar-refractivity contribution in [3.8, 4) is 17.1 Å². The van der Waals surface area contributed by atoms with Gasteiger partial charge in [0, 0.05) is 12.0 Å². The van der Waals surface area contributed by atoms with Gasteiger partial charge in [0.25, 0.3) is 11.4 Å². The molecule has 0 bridgehead atoms. The molecule has 0 radical (unpaired) electrons. The first-order valence-electron chi connectivity index (χ1n) is 14.4. The number of hydrogen-bond donors (Lipinski definition) is 2. The number of anilines is 1. The van der Waals surface area contributed by atoms with E-state index >= 15 is 0 Å². The predicted octanol–water partition coefficient (Wildman–Crippen LogP) is 3.76. The van der Waals surface area contributed by atoms with Gasteiger partial charge in [-0.15, -0.1) is 10.2 Å². The summed E-state index contributed by atoms with van der Waals surface area (Å²) in [4.78, 5) is 56.5. The number of carbonyl (C=O) groups is 3. The zero-order chi connectivity index (χ0) is 32.3. The van der Waals surface area contributed by atoms with Crippen LogP contribution in [-0.2, 0) is 27.9 Å². The van der Waals surface area contributed by atoms with Crippen molar-refractivity contribution in [1.82, 2.24) is 25.1 Å². The number of hydrogen-bond acceptors (Lipinski definition) is 10. The fourth-order valence-electron chi connectivity index (χ4n) is 5.01. The summed E-state index contributed by atoms with van der Waals surface area (Å²) in [6, 6.07) is 13.6. The van der Waals surface area contributed by atoms with E-state index in [4.69, 9.17) is 9.15 Å². The quantitative estimate of drug-likeness (QED) is 0.251. The second kappa shape index (κ2) is 12.7. The molecule has 13 nitrogen and oxygen atoms in total. The summed E-state index contributed by atoms with van der Waals surface area (Å²) >= 11 is 0. The Morgan fingerprint density at radius 1 is 1.09 bits per heavy atom. The SMILES string of the molecule is COC(=O)Nc1cnc(-c2ccccc2)n(CC(=O)NC(C(=O)c2nnc(C(C)(C)c3ccc4c(c3)CCO4)o2)C(C)C)c1=O. The minimum atomic E-state index is -1.04. The molecular weight excluding hydrogens is 580 g/mol. The van der Waals surface area contributed by atoms with E-state index < -0.39 is 41.3 Å². The summed E-state index contributed by atoms with van der Waals surface area (Å²) in [5.74, 6) is -0.512. The zero-order valence-electron chi connectivity index (χ0n) is 25.6. The average molecular weight is 615 g/mol. The van der Waals surface area contributed by atoms with Crippen LogP contribution < -0.4 is 20.9 Å². The third-order valence-electron chi connectivity index (χ3n) is 7.65. The molecule has 4 aromatic rings. The van der Waals surface area contributed by atoms with E-state index in [2.05, 4.69) is 30.6 Å². The Hall–Kier alpha value is -5.33. The van der Waals surface area contributed by atoms with E-state index in [1.165, 1.54) is 6.20 Å². The second-order valence-electron chi connectivity index (χ2n) is 11.5. The number of ketones is 1. The summed E-state index contributed by atoms with van der Waals surface area (Å²) in [6.45, 7) is 7.52. The number of nitrogens with one attached hydrogen (secondary N) is 2. The molecule has 234 valence electrons. The van der Waals surface area contributed by atoms with Gasteiger partial charge in [-0.2, -0.15) is 0 Å². The van der Waals surface area contributed by atoms with Crippen LogP contribution >= 0.6 is 0 Å². The summed E-state index contributed by atoms with van der Waals surface area (Å²) in [5.41, 5.74) is 1.03. The van der Waals surface area contributed by atoms with Gasteiger partial charge in [0.05, 0.1) is 31.4 Å². The molecule has 1 atom stereocenters. The highest BCUT2D eigenvalue weighted by atomic mass is 16.5. The molecule has 1 aliphatic rings. The van der Waals surface area contributed by atoms with E-state index in [0.29, 0.717) is 12.2 Å². The van der Waals surface area contributed by atoms with Gasteiger partial charge in [0.15, 0.2) is 0 Å². The number of fused-ring (bicyclic) bond motifs is 1. The smallest absolute Gasteiger partial charge is 0.411 e. The highest BCUT2D eigenvalue weighted by molar-refractivity contribution is 5.98. The van der Waals surface area contributed by atoms with Crippen LogP contribution in [0.25, 0.3) is 11.4 Å². The lowest BCUT2D eigenvalue weighted by atomic mass is 9.83. The van der Waals surface area contributed by atoms with Gasteiger partial charge < -0.3 is 19.2 Å². The van der Waals surface area contributed by atoms with Crippen LogP contribution in [0.5, 0.6) is 5.75 Å². The lowest BCUT2D eigenvalue weighted by molar-refractivity contribution is -0.122. The van der Waals surface area contributed by atoms with E-state index in [1.807, 2.05) is 32.0 Å². The Morgan fingerprint density at radius 3 is 2.56 bits per heavy atom. The Morgan fingerprint density at radius 2 is 1.84 bits per heavy atom. The molecule has 0 saturated heterocycles. The number of amides is 2. The molecule has 0 saturated carbocycles. The fourth-order valence-corrected chi connectivity index (χ4v) is 5.01. The number of methoxy groups -OCH3 is 1. The molecule has 2 aromatic heterocycles. The Balaban J connectivity index is 1.38. The lowest BCUT2D eigenvalue weighted by Crippen LogP contribution is -2.46. The molecule has 0 fully saturated rings. The van der Waals surface area contributed by atoms with Crippen molar-refractivity contribution in [3.63, 3.8) is 0 Å². The third-order valence-corrected chi connectivity index (χ3v) is 7.65. The molecule has 2 N–H and O–H groups in total. The maximum absolute atomic E-state index is 13.6. The standard InChI is InChI=1S/C32H34N6O7/c1-18(2)25(26(40)28-36-37-30(45-28)32(3,4)21-11-12-23-20(15-21)13-14-44-23)35-24(39)17-38-27(19-9-7-6-8-10-19)33-16-22(29(38)41)34-31(42)43-5/h6-12,15-16,18,25H,13-14,17H2,1-5H3,(H,34,42)(H,35,39). The molecule has 13 heteroatoms. The Kier molecular flexibility index (Phi) is 8.80. The number of Topliss-reactive ketones (excluding diaryl/α,β-unsaturated/α-hetero) is 1. The molecule has 1 aliphatic heterocycles. The Labute approximate surface area is 259 Å². The first kappa shape index (κ1) is 31.1. The van der Waals surface area contributed by atoms with Gasteiger partial charge in [-0.1, -0.05) is 56.3 Å². The summed E-state index contributed by atoms with van der Waals surface area (Å²) < 4.78 is 17.2. The van der Waals surface area contributed by atoms with Gasteiger partial charge in [-0.05, 0) is 37.0 Å². The van der Waals surface area contributed by atoms with E-state index in [0.717, 1.165) is 35.0 Å². The van der Waals surface area contributed by atoms with Gasteiger partial charge in [0.2, 0.25) is 17.6 Å². The second-order valence-corrected chi connectivity index (χ2v) is 11.5. The van der Waals surface area contributed by atoms with Crippen LogP contribution in [-0.4, -0.2) is 57.3 Å². The predicted molar refractivity (Wildman–Crippen MR) is 163 cm³/mol. The van der Waals surface area contributed by atoms with Gasteiger partial charge >= 0.3 is 6.09 Å². The van der Waals surface area contributed by atoms with Gasteiger partial charge in [-0.25, -0.2) is 9.78 Å². The van der Waals surface area contributed by atoms with Crippen LogP contribution in [0.3, 0.4) is 0 Å². The lowest BCUT2D eigenvalue weighted by Gasteiger charge is -2.22. The van der Waals surface area contributed by atoms with Crippen LogP contribution in [0, 0.1) is 5.92 Å². The summed E-state index contributed by atoms with van der Waals surface area (Å²) in [5, 5.41) is 13.2.